The van der Waals surface area contributed by atoms with Gasteiger partial charge in [0.15, 0.2) is 0 Å². The third kappa shape index (κ3) is 2.02. The Labute approximate surface area is 70.6 Å². The molecule has 0 saturated carbocycles. The first-order valence-electron chi connectivity index (χ1n) is 3.73. The van der Waals surface area contributed by atoms with E-state index in [0.717, 1.165) is 11.8 Å². The van der Waals surface area contributed by atoms with Crippen LogP contribution in [-0.2, 0) is 11.2 Å². The van der Waals surface area contributed by atoms with Crippen LogP contribution in [0.1, 0.15) is 12.5 Å². The van der Waals surface area contributed by atoms with Crippen LogP contribution in [0, 0.1) is 0 Å². The SMILES string of the molecule is CCOc1ncncc1CC=O. The molecule has 0 saturated heterocycles. The lowest BCUT2D eigenvalue weighted by Crippen LogP contribution is -2.00. The summed E-state index contributed by atoms with van der Waals surface area (Å²) in [4.78, 5) is 17.9. The summed E-state index contributed by atoms with van der Waals surface area (Å²) < 4.78 is 5.18. The molecule has 12 heavy (non-hydrogen) atoms. The molecule has 0 N–H and O–H groups in total. The summed E-state index contributed by atoms with van der Waals surface area (Å²) in [6.07, 6.45) is 4.10. The Morgan fingerprint density at radius 1 is 1.67 bits per heavy atom. The maximum atomic E-state index is 10.2. The standard InChI is InChI=1S/C8H10N2O2/c1-2-12-8-7(3-4-11)5-9-6-10-8/h4-6H,2-3H2,1H3. The molecule has 0 aromatic carbocycles. The van der Waals surface area contributed by atoms with E-state index in [1.165, 1.54) is 6.33 Å². The number of carbonyl (C=O) groups is 1. The first-order valence-corrected chi connectivity index (χ1v) is 3.73. The van der Waals surface area contributed by atoms with Crippen molar-refractivity contribution in [3.8, 4) is 5.88 Å². The third-order valence-electron chi connectivity index (χ3n) is 1.33. The van der Waals surface area contributed by atoms with E-state index in [4.69, 9.17) is 4.74 Å². The second-order valence-electron chi connectivity index (χ2n) is 2.16. The summed E-state index contributed by atoms with van der Waals surface area (Å²) in [7, 11) is 0. The zero-order valence-electron chi connectivity index (χ0n) is 6.86. The van der Waals surface area contributed by atoms with Gasteiger partial charge in [0.05, 0.1) is 6.61 Å². The summed E-state index contributed by atoms with van der Waals surface area (Å²) in [5, 5.41) is 0. The van der Waals surface area contributed by atoms with Crippen molar-refractivity contribution in [2.24, 2.45) is 0 Å². The van der Waals surface area contributed by atoms with Gasteiger partial charge in [-0.1, -0.05) is 0 Å². The highest BCUT2D eigenvalue weighted by Crippen LogP contribution is 2.11. The van der Waals surface area contributed by atoms with Crippen molar-refractivity contribution in [1.29, 1.82) is 0 Å². The monoisotopic (exact) mass is 166 g/mol. The van der Waals surface area contributed by atoms with Crippen molar-refractivity contribution < 1.29 is 9.53 Å². The molecule has 1 rings (SSSR count). The van der Waals surface area contributed by atoms with Crippen LogP contribution in [0.15, 0.2) is 12.5 Å². The minimum atomic E-state index is 0.302. The molecule has 64 valence electrons. The van der Waals surface area contributed by atoms with Crippen molar-refractivity contribution in [2.75, 3.05) is 6.61 Å². The van der Waals surface area contributed by atoms with Gasteiger partial charge in [0, 0.05) is 18.2 Å². The van der Waals surface area contributed by atoms with Crippen LogP contribution in [0.4, 0.5) is 0 Å². The highest BCUT2D eigenvalue weighted by Gasteiger charge is 2.02. The first-order chi connectivity index (χ1) is 5.88. The molecule has 0 aliphatic rings. The molecular formula is C8H10N2O2. The van der Waals surface area contributed by atoms with Gasteiger partial charge in [-0.05, 0) is 6.92 Å². The molecule has 4 heteroatoms. The van der Waals surface area contributed by atoms with E-state index >= 15 is 0 Å². The molecule has 0 radical (unpaired) electrons. The van der Waals surface area contributed by atoms with Crippen LogP contribution in [0.3, 0.4) is 0 Å². The lowest BCUT2D eigenvalue weighted by atomic mass is 10.2. The fourth-order valence-electron chi connectivity index (χ4n) is 0.844. The number of ether oxygens (including phenoxy) is 1. The molecule has 0 amide bonds. The first kappa shape index (κ1) is 8.64. The topological polar surface area (TPSA) is 52.1 Å². The fraction of sp³-hybridized carbons (Fsp3) is 0.375. The molecule has 1 aromatic heterocycles. The van der Waals surface area contributed by atoms with E-state index < -0.39 is 0 Å². The maximum absolute atomic E-state index is 10.2. The Morgan fingerprint density at radius 2 is 2.50 bits per heavy atom. The third-order valence-corrected chi connectivity index (χ3v) is 1.33. The van der Waals surface area contributed by atoms with Crippen molar-refractivity contribution in [1.82, 2.24) is 9.97 Å². The minimum Gasteiger partial charge on any atom is -0.478 e. The van der Waals surface area contributed by atoms with E-state index in [2.05, 4.69) is 9.97 Å². The molecule has 0 aliphatic heterocycles. The number of aldehydes is 1. The van der Waals surface area contributed by atoms with Crippen molar-refractivity contribution in [2.45, 2.75) is 13.3 Å². The van der Waals surface area contributed by atoms with Gasteiger partial charge < -0.3 is 9.53 Å². The van der Waals surface area contributed by atoms with Gasteiger partial charge in [-0.15, -0.1) is 0 Å². The van der Waals surface area contributed by atoms with Gasteiger partial charge in [-0.3, -0.25) is 0 Å². The van der Waals surface area contributed by atoms with Crippen LogP contribution in [0.5, 0.6) is 5.88 Å². The van der Waals surface area contributed by atoms with Crippen LogP contribution < -0.4 is 4.74 Å². The number of hydrogen-bond donors (Lipinski definition) is 0. The minimum absolute atomic E-state index is 0.302. The second kappa shape index (κ2) is 4.43. The number of nitrogens with zero attached hydrogens (tertiary/aromatic N) is 2. The number of hydrogen-bond acceptors (Lipinski definition) is 4. The number of rotatable bonds is 4. The van der Waals surface area contributed by atoms with Gasteiger partial charge >= 0.3 is 0 Å². The quantitative estimate of drug-likeness (QED) is 0.615. The molecular weight excluding hydrogens is 156 g/mol. The highest BCUT2D eigenvalue weighted by atomic mass is 16.5. The normalized spacial score (nSPS) is 9.42. The lowest BCUT2D eigenvalue weighted by molar-refractivity contribution is -0.107. The van der Waals surface area contributed by atoms with Crippen LogP contribution in [0.2, 0.25) is 0 Å². The molecule has 4 nitrogen and oxygen atoms in total. The Bertz CT molecular complexity index is 263. The zero-order chi connectivity index (χ0) is 8.81. The molecule has 1 heterocycles. The van der Waals surface area contributed by atoms with Crippen molar-refractivity contribution in [3.63, 3.8) is 0 Å². The molecule has 0 aliphatic carbocycles. The lowest BCUT2D eigenvalue weighted by Gasteiger charge is -2.04. The van der Waals surface area contributed by atoms with Crippen molar-refractivity contribution in [3.05, 3.63) is 18.1 Å². The summed E-state index contributed by atoms with van der Waals surface area (Å²) >= 11 is 0. The Kier molecular flexibility index (Phi) is 3.19. The highest BCUT2D eigenvalue weighted by molar-refractivity contribution is 5.56. The summed E-state index contributed by atoms with van der Waals surface area (Å²) in [5.41, 5.74) is 0.731. The molecule has 0 unspecified atom stereocenters. The van der Waals surface area contributed by atoms with Crippen molar-refractivity contribution >= 4 is 6.29 Å². The molecule has 0 bridgehead atoms. The average Bonchev–Trinajstić information content (AvgIpc) is 2.09. The van der Waals surface area contributed by atoms with Crippen LogP contribution >= 0.6 is 0 Å². The van der Waals surface area contributed by atoms with Gasteiger partial charge in [0.1, 0.15) is 12.6 Å². The van der Waals surface area contributed by atoms with Gasteiger partial charge in [0.25, 0.3) is 0 Å². The second-order valence-corrected chi connectivity index (χ2v) is 2.16. The molecule has 1 aromatic rings. The predicted octanol–water partition coefficient (Wildman–Crippen LogP) is 0.617. The van der Waals surface area contributed by atoms with Gasteiger partial charge in [-0.25, -0.2) is 9.97 Å². The van der Waals surface area contributed by atoms with Gasteiger partial charge in [-0.2, -0.15) is 0 Å². The zero-order valence-corrected chi connectivity index (χ0v) is 6.86. The average molecular weight is 166 g/mol. The summed E-state index contributed by atoms with van der Waals surface area (Å²) in [5.74, 6) is 0.500. The fourth-order valence-corrected chi connectivity index (χ4v) is 0.844. The maximum Gasteiger partial charge on any atom is 0.220 e. The number of aromatic nitrogens is 2. The van der Waals surface area contributed by atoms with E-state index in [-0.39, 0.29) is 0 Å². The van der Waals surface area contributed by atoms with E-state index in [9.17, 15) is 4.79 Å². The predicted molar refractivity (Wildman–Crippen MR) is 43.0 cm³/mol. The Hall–Kier alpha value is -1.45. The largest absolute Gasteiger partial charge is 0.478 e. The smallest absolute Gasteiger partial charge is 0.220 e. The molecule has 0 spiro atoms. The van der Waals surface area contributed by atoms with E-state index in [1.807, 2.05) is 6.92 Å². The number of carbonyl (C=O) groups excluding carboxylic acids is 1. The Morgan fingerprint density at radius 3 is 3.17 bits per heavy atom. The summed E-state index contributed by atoms with van der Waals surface area (Å²) in [6.45, 7) is 2.41. The van der Waals surface area contributed by atoms with E-state index in [1.54, 1.807) is 6.20 Å². The van der Waals surface area contributed by atoms with E-state index in [0.29, 0.717) is 18.9 Å². The summed E-state index contributed by atoms with van der Waals surface area (Å²) in [6, 6.07) is 0. The molecule has 0 atom stereocenters. The van der Waals surface area contributed by atoms with Crippen LogP contribution in [-0.4, -0.2) is 22.9 Å². The van der Waals surface area contributed by atoms with Crippen LogP contribution in [0.25, 0.3) is 0 Å². The van der Waals surface area contributed by atoms with Gasteiger partial charge in [0.2, 0.25) is 5.88 Å². The Balaban J connectivity index is 2.83. The molecule has 0 fully saturated rings.